The normalized spacial score (nSPS) is 19.1. The first-order valence-corrected chi connectivity index (χ1v) is 6.09. The van der Waals surface area contributed by atoms with Crippen molar-refractivity contribution in [2.75, 3.05) is 5.32 Å². The van der Waals surface area contributed by atoms with Gasteiger partial charge in [-0.1, -0.05) is 0 Å². The molecule has 1 aliphatic rings. The Morgan fingerprint density at radius 2 is 1.81 bits per heavy atom. The zero-order valence-corrected chi connectivity index (χ0v) is 10.7. The van der Waals surface area contributed by atoms with Gasteiger partial charge in [0.1, 0.15) is 5.92 Å². The van der Waals surface area contributed by atoms with Crippen LogP contribution in [0.4, 0.5) is 18.9 Å². The van der Waals surface area contributed by atoms with Gasteiger partial charge in [-0.25, -0.2) is 0 Å². The molecular formula is C13H11F3N2O3. The van der Waals surface area contributed by atoms with Crippen LogP contribution in [0.25, 0.3) is 0 Å². The zero-order chi connectivity index (χ0) is 15.6. The van der Waals surface area contributed by atoms with Gasteiger partial charge in [0, 0.05) is 12.1 Å². The van der Waals surface area contributed by atoms with Gasteiger partial charge < -0.3 is 5.32 Å². The topological polar surface area (TPSA) is 75.3 Å². The number of benzene rings is 1. The average Bonchev–Trinajstić information content (AvgIpc) is 2.38. The molecular weight excluding hydrogens is 289 g/mol. The van der Waals surface area contributed by atoms with Crippen LogP contribution in [0.15, 0.2) is 24.3 Å². The minimum absolute atomic E-state index is 0.0524. The molecule has 1 saturated heterocycles. The summed E-state index contributed by atoms with van der Waals surface area (Å²) in [5.41, 5.74) is -0.681. The Morgan fingerprint density at radius 3 is 2.33 bits per heavy atom. The van der Waals surface area contributed by atoms with Gasteiger partial charge in [0.25, 0.3) is 0 Å². The Bertz CT molecular complexity index is 581. The molecule has 1 atom stereocenters. The van der Waals surface area contributed by atoms with Gasteiger partial charge in [-0.3, -0.25) is 19.7 Å². The molecule has 0 saturated carbocycles. The summed E-state index contributed by atoms with van der Waals surface area (Å²) in [4.78, 5) is 34.3. The molecule has 1 aliphatic heterocycles. The van der Waals surface area contributed by atoms with Crippen molar-refractivity contribution < 1.29 is 27.6 Å². The van der Waals surface area contributed by atoms with Crippen LogP contribution < -0.4 is 10.6 Å². The van der Waals surface area contributed by atoms with E-state index in [0.29, 0.717) is 0 Å². The summed E-state index contributed by atoms with van der Waals surface area (Å²) in [6, 6.07) is 3.87. The summed E-state index contributed by atoms with van der Waals surface area (Å²) in [5.74, 6) is -2.82. The summed E-state index contributed by atoms with van der Waals surface area (Å²) >= 11 is 0. The van der Waals surface area contributed by atoms with Crippen LogP contribution in [0.2, 0.25) is 0 Å². The number of amides is 3. The van der Waals surface area contributed by atoms with E-state index in [2.05, 4.69) is 5.32 Å². The maximum Gasteiger partial charge on any atom is 0.416 e. The molecule has 112 valence electrons. The van der Waals surface area contributed by atoms with Gasteiger partial charge >= 0.3 is 6.18 Å². The van der Waals surface area contributed by atoms with Crippen LogP contribution in [-0.2, 0) is 20.6 Å². The lowest BCUT2D eigenvalue weighted by molar-refractivity contribution is -0.140. The largest absolute Gasteiger partial charge is 0.416 e. The predicted molar refractivity (Wildman–Crippen MR) is 65.9 cm³/mol. The summed E-state index contributed by atoms with van der Waals surface area (Å²) < 4.78 is 37.2. The van der Waals surface area contributed by atoms with E-state index in [9.17, 15) is 27.6 Å². The Labute approximate surface area is 117 Å². The van der Waals surface area contributed by atoms with Gasteiger partial charge in [-0.05, 0) is 30.7 Å². The number of halogens is 3. The maximum atomic E-state index is 12.4. The highest BCUT2D eigenvalue weighted by molar-refractivity contribution is 6.12. The van der Waals surface area contributed by atoms with E-state index >= 15 is 0 Å². The molecule has 0 aliphatic carbocycles. The van der Waals surface area contributed by atoms with Crippen LogP contribution in [0, 0.1) is 5.92 Å². The van der Waals surface area contributed by atoms with E-state index in [1.807, 2.05) is 5.32 Å². The molecule has 21 heavy (non-hydrogen) atoms. The Morgan fingerprint density at radius 1 is 1.19 bits per heavy atom. The molecule has 8 heteroatoms. The van der Waals surface area contributed by atoms with Crippen molar-refractivity contribution in [3.05, 3.63) is 29.8 Å². The number of piperidine rings is 1. The van der Waals surface area contributed by atoms with E-state index in [-0.39, 0.29) is 18.5 Å². The lowest BCUT2D eigenvalue weighted by atomic mass is 9.97. The molecule has 0 aromatic heterocycles. The van der Waals surface area contributed by atoms with Crippen LogP contribution >= 0.6 is 0 Å². The summed E-state index contributed by atoms with van der Waals surface area (Å²) in [7, 11) is 0. The summed E-state index contributed by atoms with van der Waals surface area (Å²) in [5, 5.41) is 4.39. The molecule has 0 bridgehead atoms. The van der Waals surface area contributed by atoms with Crippen molar-refractivity contribution >= 4 is 23.4 Å². The molecule has 0 spiro atoms. The zero-order valence-electron chi connectivity index (χ0n) is 10.7. The first kappa shape index (κ1) is 15.0. The average molecular weight is 300 g/mol. The highest BCUT2D eigenvalue weighted by Gasteiger charge is 2.33. The van der Waals surface area contributed by atoms with Crippen molar-refractivity contribution in [3.8, 4) is 0 Å². The lowest BCUT2D eigenvalue weighted by Crippen LogP contribution is -2.45. The predicted octanol–water partition coefficient (Wildman–Crippen LogP) is 1.70. The number of rotatable bonds is 2. The molecule has 1 aromatic carbocycles. The van der Waals surface area contributed by atoms with Gasteiger partial charge in [0.05, 0.1) is 5.56 Å². The minimum atomic E-state index is -4.45. The van der Waals surface area contributed by atoms with Crippen molar-refractivity contribution in [2.24, 2.45) is 5.92 Å². The SMILES string of the molecule is O=C1CCC(C(=O)Nc2ccc(C(F)(F)F)cc2)C(=O)N1. The summed E-state index contributed by atoms with van der Waals surface area (Å²) in [6.45, 7) is 0. The highest BCUT2D eigenvalue weighted by Crippen LogP contribution is 2.30. The number of hydrogen-bond donors (Lipinski definition) is 2. The number of imide groups is 1. The van der Waals surface area contributed by atoms with E-state index in [1.165, 1.54) is 0 Å². The van der Waals surface area contributed by atoms with Crippen LogP contribution in [0.3, 0.4) is 0 Å². The number of carbonyl (C=O) groups is 3. The van der Waals surface area contributed by atoms with E-state index < -0.39 is 35.4 Å². The van der Waals surface area contributed by atoms with Crippen molar-refractivity contribution in [1.82, 2.24) is 5.32 Å². The second-order valence-electron chi connectivity index (χ2n) is 4.57. The highest BCUT2D eigenvalue weighted by atomic mass is 19.4. The molecule has 5 nitrogen and oxygen atoms in total. The lowest BCUT2D eigenvalue weighted by Gasteiger charge is -2.20. The van der Waals surface area contributed by atoms with Crippen LogP contribution in [-0.4, -0.2) is 17.7 Å². The van der Waals surface area contributed by atoms with Crippen LogP contribution in [0.1, 0.15) is 18.4 Å². The summed E-state index contributed by atoms with van der Waals surface area (Å²) in [6.07, 6.45) is -4.32. The van der Waals surface area contributed by atoms with Crippen molar-refractivity contribution in [1.29, 1.82) is 0 Å². The first-order chi connectivity index (χ1) is 9.77. The third-order valence-corrected chi connectivity index (χ3v) is 3.04. The smallest absolute Gasteiger partial charge is 0.325 e. The fourth-order valence-electron chi connectivity index (χ4n) is 1.92. The Hall–Kier alpha value is -2.38. The monoisotopic (exact) mass is 300 g/mol. The quantitative estimate of drug-likeness (QED) is 0.645. The number of carbonyl (C=O) groups excluding carboxylic acids is 3. The Kier molecular flexibility index (Phi) is 3.97. The molecule has 1 unspecified atom stereocenters. The molecule has 3 amide bonds. The second-order valence-corrected chi connectivity index (χ2v) is 4.57. The van der Waals surface area contributed by atoms with E-state index in [4.69, 9.17) is 0 Å². The van der Waals surface area contributed by atoms with Gasteiger partial charge in [0.15, 0.2) is 0 Å². The molecule has 2 rings (SSSR count). The minimum Gasteiger partial charge on any atom is -0.325 e. The fourth-order valence-corrected chi connectivity index (χ4v) is 1.92. The third-order valence-electron chi connectivity index (χ3n) is 3.04. The third kappa shape index (κ3) is 3.59. The maximum absolute atomic E-state index is 12.4. The van der Waals surface area contributed by atoms with Gasteiger partial charge in [0.2, 0.25) is 17.7 Å². The molecule has 1 fully saturated rings. The van der Waals surface area contributed by atoms with Gasteiger partial charge in [-0.15, -0.1) is 0 Å². The second kappa shape index (κ2) is 5.55. The fraction of sp³-hybridized carbons (Fsp3) is 0.308. The van der Waals surface area contributed by atoms with Crippen molar-refractivity contribution in [2.45, 2.75) is 19.0 Å². The van der Waals surface area contributed by atoms with E-state index in [1.54, 1.807) is 0 Å². The van der Waals surface area contributed by atoms with Gasteiger partial charge in [-0.2, -0.15) is 13.2 Å². The number of alkyl halides is 3. The van der Waals surface area contributed by atoms with Crippen molar-refractivity contribution in [3.63, 3.8) is 0 Å². The number of hydrogen-bond acceptors (Lipinski definition) is 3. The molecule has 2 N–H and O–H groups in total. The van der Waals surface area contributed by atoms with Crippen LogP contribution in [0.5, 0.6) is 0 Å². The molecule has 1 heterocycles. The standard InChI is InChI=1S/C13H11F3N2O3/c14-13(15,16)7-1-3-8(4-2-7)17-11(20)9-5-6-10(19)18-12(9)21/h1-4,9H,5-6H2,(H,17,20)(H,18,19,21). The first-order valence-electron chi connectivity index (χ1n) is 6.09. The van der Waals surface area contributed by atoms with E-state index in [0.717, 1.165) is 24.3 Å². The number of anilines is 1. The molecule has 0 radical (unpaired) electrons. The molecule has 1 aromatic rings. The number of nitrogens with one attached hydrogen (secondary N) is 2. The Balaban J connectivity index is 2.03.